The summed E-state index contributed by atoms with van der Waals surface area (Å²) in [5, 5.41) is 1.35. The maximum Gasteiger partial charge on any atom is 0.307 e. The van der Waals surface area contributed by atoms with Gasteiger partial charge in [-0.1, -0.05) is 30.2 Å². The third-order valence-electron chi connectivity index (χ3n) is 5.37. The smallest absolute Gasteiger partial charge is 0.307 e. The molecule has 3 aromatic rings. The van der Waals surface area contributed by atoms with Crippen molar-refractivity contribution >= 4 is 38.1 Å². The summed E-state index contributed by atoms with van der Waals surface area (Å²) < 4.78 is 52.2. The highest BCUT2D eigenvalue weighted by Gasteiger charge is 2.22. The Balaban J connectivity index is 2.04. The molecule has 0 aromatic heterocycles. The van der Waals surface area contributed by atoms with Crippen molar-refractivity contribution in [3.63, 3.8) is 0 Å². The second kappa shape index (κ2) is 10.4. The zero-order valence-corrected chi connectivity index (χ0v) is 19.9. The van der Waals surface area contributed by atoms with E-state index in [-0.39, 0.29) is 35.6 Å². The van der Waals surface area contributed by atoms with Gasteiger partial charge in [0.25, 0.3) is 10.0 Å². The highest BCUT2D eigenvalue weighted by molar-refractivity contribution is 7.92. The van der Waals surface area contributed by atoms with E-state index < -0.39 is 15.8 Å². The van der Waals surface area contributed by atoms with Crippen LogP contribution in [0.1, 0.15) is 13.3 Å². The highest BCUT2D eigenvalue weighted by atomic mass is 32.2. The molecule has 0 bridgehead atoms. The zero-order valence-electron chi connectivity index (χ0n) is 19.0. The fraction of sp³-hybridized carbons (Fsp3) is 0.240. The molecule has 0 saturated heterocycles. The summed E-state index contributed by atoms with van der Waals surface area (Å²) in [7, 11) is -1.46. The van der Waals surface area contributed by atoms with E-state index in [4.69, 9.17) is 15.9 Å². The standard InChI is InChI=1S/C25H25FN2O5S/c1-5-14-28(17(2)15-25(29)33-4)23-12-11-22(19-8-6-7-9-20(19)23)27-34(30,31)18-10-13-24(32-3)21(26)16-18/h1,6-13,16-17,27H,14-15H2,2-4H3/t17-/m0/s1. The van der Waals surface area contributed by atoms with E-state index >= 15 is 0 Å². The Labute approximate surface area is 198 Å². The van der Waals surface area contributed by atoms with E-state index in [9.17, 15) is 17.6 Å². The predicted octanol–water partition coefficient (Wildman–Crippen LogP) is 4.18. The molecule has 1 atom stereocenters. The van der Waals surface area contributed by atoms with E-state index in [0.29, 0.717) is 11.1 Å². The van der Waals surface area contributed by atoms with Crippen molar-refractivity contribution in [3.05, 3.63) is 60.4 Å². The van der Waals surface area contributed by atoms with E-state index in [1.165, 1.54) is 26.4 Å². The quantitative estimate of drug-likeness (QED) is 0.362. The Morgan fingerprint density at radius 2 is 1.85 bits per heavy atom. The first-order chi connectivity index (χ1) is 16.2. The Morgan fingerprint density at radius 1 is 1.15 bits per heavy atom. The molecule has 0 radical (unpaired) electrons. The van der Waals surface area contributed by atoms with Gasteiger partial charge in [-0.05, 0) is 37.3 Å². The summed E-state index contributed by atoms with van der Waals surface area (Å²) >= 11 is 0. The summed E-state index contributed by atoms with van der Waals surface area (Å²) in [5.74, 6) is 1.41. The minimum absolute atomic E-state index is 0.0524. The lowest BCUT2D eigenvalue weighted by Gasteiger charge is -2.30. The van der Waals surface area contributed by atoms with Crippen LogP contribution < -0.4 is 14.4 Å². The molecule has 0 aliphatic rings. The number of nitrogens with one attached hydrogen (secondary N) is 1. The van der Waals surface area contributed by atoms with E-state index in [1.54, 1.807) is 24.3 Å². The van der Waals surface area contributed by atoms with Crippen molar-refractivity contribution in [2.24, 2.45) is 0 Å². The Bertz CT molecular complexity index is 1350. The summed E-state index contributed by atoms with van der Waals surface area (Å²) in [6.45, 7) is 2.09. The number of hydrogen-bond acceptors (Lipinski definition) is 6. The normalized spacial score (nSPS) is 12.0. The Hall–Kier alpha value is -3.77. The maximum atomic E-state index is 14.1. The number of benzene rings is 3. The summed E-state index contributed by atoms with van der Waals surface area (Å²) in [6.07, 6.45) is 5.71. The van der Waals surface area contributed by atoms with Crippen LogP contribution in [0.5, 0.6) is 5.75 Å². The molecule has 0 spiro atoms. The molecule has 0 heterocycles. The number of halogens is 1. The number of nitrogens with zero attached hydrogens (tertiary/aromatic N) is 1. The van der Waals surface area contributed by atoms with Crippen molar-refractivity contribution < 1.29 is 27.1 Å². The van der Waals surface area contributed by atoms with Gasteiger partial charge in [0.1, 0.15) is 0 Å². The second-order valence-corrected chi connectivity index (χ2v) is 9.22. The van der Waals surface area contributed by atoms with Gasteiger partial charge >= 0.3 is 5.97 Å². The van der Waals surface area contributed by atoms with Gasteiger partial charge in [-0.15, -0.1) is 6.42 Å². The van der Waals surface area contributed by atoms with Crippen LogP contribution in [0.4, 0.5) is 15.8 Å². The van der Waals surface area contributed by atoms with Gasteiger partial charge in [0.2, 0.25) is 0 Å². The SMILES string of the molecule is C#CCN(c1ccc(NS(=O)(=O)c2ccc(OC)c(F)c2)c2ccccc12)[C@@H](C)CC(=O)OC. The molecule has 7 nitrogen and oxygen atoms in total. The second-order valence-electron chi connectivity index (χ2n) is 7.54. The Kier molecular flexibility index (Phi) is 7.64. The largest absolute Gasteiger partial charge is 0.494 e. The molecular formula is C25H25FN2O5S. The monoisotopic (exact) mass is 484 g/mol. The van der Waals surface area contributed by atoms with Crippen molar-refractivity contribution in [2.45, 2.75) is 24.3 Å². The lowest BCUT2D eigenvalue weighted by atomic mass is 10.0. The molecule has 3 aromatic carbocycles. The first kappa shape index (κ1) is 24.9. The predicted molar refractivity (Wildman–Crippen MR) is 130 cm³/mol. The lowest BCUT2D eigenvalue weighted by Crippen LogP contribution is -2.35. The van der Waals surface area contributed by atoms with Gasteiger partial charge in [-0.2, -0.15) is 0 Å². The fourth-order valence-electron chi connectivity index (χ4n) is 3.65. The van der Waals surface area contributed by atoms with E-state index in [2.05, 4.69) is 10.6 Å². The molecule has 0 aliphatic carbocycles. The fourth-order valence-corrected chi connectivity index (χ4v) is 4.74. The van der Waals surface area contributed by atoms with Crippen molar-refractivity contribution in [1.82, 2.24) is 0 Å². The summed E-state index contributed by atoms with van der Waals surface area (Å²) in [6, 6.07) is 13.7. The van der Waals surface area contributed by atoms with Crippen LogP contribution in [0, 0.1) is 18.2 Å². The molecular weight excluding hydrogens is 459 g/mol. The molecule has 0 aliphatic heterocycles. The van der Waals surface area contributed by atoms with Crippen LogP contribution in [0.3, 0.4) is 0 Å². The van der Waals surface area contributed by atoms with Gasteiger partial charge < -0.3 is 14.4 Å². The van der Waals surface area contributed by atoms with E-state index in [0.717, 1.165) is 17.1 Å². The molecule has 0 unspecified atom stereocenters. The number of rotatable bonds is 9. The topological polar surface area (TPSA) is 84.9 Å². The first-order valence-corrected chi connectivity index (χ1v) is 11.8. The number of anilines is 2. The maximum absolute atomic E-state index is 14.1. The third kappa shape index (κ3) is 5.24. The molecule has 0 fully saturated rings. The summed E-state index contributed by atoms with van der Waals surface area (Å²) in [4.78, 5) is 13.5. The van der Waals surface area contributed by atoms with Gasteiger partial charge in [0, 0.05) is 22.5 Å². The van der Waals surface area contributed by atoms with Crippen LogP contribution in [0.25, 0.3) is 10.8 Å². The van der Waals surface area contributed by atoms with Crippen molar-refractivity contribution in [2.75, 3.05) is 30.4 Å². The number of methoxy groups -OCH3 is 2. The number of sulfonamides is 1. The number of esters is 1. The van der Waals surface area contributed by atoms with Crippen LogP contribution in [-0.2, 0) is 19.6 Å². The minimum atomic E-state index is -4.08. The number of fused-ring (bicyclic) bond motifs is 1. The molecule has 3 rings (SSSR count). The van der Waals surface area contributed by atoms with Crippen molar-refractivity contribution in [3.8, 4) is 18.1 Å². The first-order valence-electron chi connectivity index (χ1n) is 10.4. The van der Waals surface area contributed by atoms with Crippen LogP contribution in [0.2, 0.25) is 0 Å². The number of carbonyl (C=O) groups is 1. The number of hydrogen-bond donors (Lipinski definition) is 1. The van der Waals surface area contributed by atoms with Gasteiger partial charge in [0.05, 0.1) is 37.8 Å². The molecule has 178 valence electrons. The molecule has 1 N–H and O–H groups in total. The number of terminal acetylenes is 1. The number of ether oxygens (including phenoxy) is 2. The van der Waals surface area contributed by atoms with Crippen LogP contribution in [-0.4, -0.2) is 41.2 Å². The zero-order chi connectivity index (χ0) is 24.9. The molecule has 34 heavy (non-hydrogen) atoms. The van der Waals surface area contributed by atoms with Gasteiger partial charge in [0.15, 0.2) is 11.6 Å². The number of carbonyl (C=O) groups excluding carboxylic acids is 1. The van der Waals surface area contributed by atoms with E-state index in [1.807, 2.05) is 24.0 Å². The van der Waals surface area contributed by atoms with Gasteiger partial charge in [-0.3, -0.25) is 9.52 Å². The Morgan fingerprint density at radius 3 is 2.47 bits per heavy atom. The van der Waals surface area contributed by atoms with Crippen LogP contribution >= 0.6 is 0 Å². The molecule has 9 heteroatoms. The van der Waals surface area contributed by atoms with Crippen molar-refractivity contribution in [1.29, 1.82) is 0 Å². The average Bonchev–Trinajstić information content (AvgIpc) is 2.82. The summed E-state index contributed by atoms with van der Waals surface area (Å²) in [5.41, 5.74) is 1.06. The van der Waals surface area contributed by atoms with Gasteiger partial charge in [-0.25, -0.2) is 12.8 Å². The highest BCUT2D eigenvalue weighted by Crippen LogP contribution is 2.35. The minimum Gasteiger partial charge on any atom is -0.494 e. The van der Waals surface area contributed by atoms with Crippen LogP contribution in [0.15, 0.2) is 59.5 Å². The molecule has 0 amide bonds. The molecule has 0 saturated carbocycles. The third-order valence-corrected chi connectivity index (χ3v) is 6.73. The lowest BCUT2D eigenvalue weighted by molar-refractivity contribution is -0.140. The average molecular weight is 485 g/mol.